The highest BCUT2D eigenvalue weighted by Crippen LogP contribution is 2.28. The van der Waals surface area contributed by atoms with Gasteiger partial charge in [0, 0.05) is 28.2 Å². The zero-order valence-corrected chi connectivity index (χ0v) is 12.6. The molecule has 1 aromatic carbocycles. The van der Waals surface area contributed by atoms with Crippen molar-refractivity contribution in [2.75, 3.05) is 7.11 Å². The molecule has 0 amide bonds. The second-order valence-corrected chi connectivity index (χ2v) is 5.65. The molecule has 94 valence electrons. The van der Waals surface area contributed by atoms with Gasteiger partial charge < -0.3 is 4.74 Å². The van der Waals surface area contributed by atoms with Gasteiger partial charge in [-0.2, -0.15) is 0 Å². The van der Waals surface area contributed by atoms with Gasteiger partial charge in [0.1, 0.15) is 5.75 Å². The number of nitrogens with zero attached hydrogens (tertiary/aromatic N) is 2. The van der Waals surface area contributed by atoms with E-state index in [1.807, 2.05) is 31.5 Å². The smallest absolute Gasteiger partial charge is 0.187 e. The van der Waals surface area contributed by atoms with Gasteiger partial charge in [0.05, 0.1) is 7.11 Å². The number of ether oxygens (including phenoxy) is 1. The Morgan fingerprint density at radius 3 is 2.67 bits per heavy atom. The molecule has 0 spiro atoms. The Morgan fingerprint density at radius 2 is 2.00 bits per heavy atom. The third-order valence-electron chi connectivity index (χ3n) is 2.36. The minimum atomic E-state index is 0.780. The maximum Gasteiger partial charge on any atom is 0.187 e. The molecule has 0 aliphatic rings. The number of aromatic nitrogens is 2. The van der Waals surface area contributed by atoms with Crippen LogP contribution < -0.4 is 4.74 Å². The van der Waals surface area contributed by atoms with Gasteiger partial charge in [0.25, 0.3) is 0 Å². The summed E-state index contributed by atoms with van der Waals surface area (Å²) in [4.78, 5) is 8.54. The fourth-order valence-electron chi connectivity index (χ4n) is 1.46. The molecule has 0 radical (unpaired) electrons. The Balaban J connectivity index is 2.09. The molecule has 0 fully saturated rings. The summed E-state index contributed by atoms with van der Waals surface area (Å²) in [6.07, 6.45) is 3.65. The summed E-state index contributed by atoms with van der Waals surface area (Å²) in [5.74, 6) is 1.67. The fraction of sp³-hybridized carbons (Fsp3) is 0.231. The molecule has 2 rings (SSSR count). The van der Waals surface area contributed by atoms with E-state index in [2.05, 4.69) is 32.0 Å². The molecule has 0 saturated heterocycles. The Morgan fingerprint density at radius 1 is 1.28 bits per heavy atom. The molecule has 1 heterocycles. The maximum absolute atomic E-state index is 5.33. The number of methoxy groups -OCH3 is 1. The fourth-order valence-corrected chi connectivity index (χ4v) is 2.63. The molecule has 0 N–H and O–H groups in total. The zero-order chi connectivity index (χ0) is 13.0. The predicted octanol–water partition coefficient (Wildman–Crippen LogP) is 3.85. The normalized spacial score (nSPS) is 10.4. The Labute approximate surface area is 119 Å². The average Bonchev–Trinajstić information content (AvgIpc) is 2.38. The van der Waals surface area contributed by atoms with Crippen molar-refractivity contribution < 1.29 is 4.74 Å². The van der Waals surface area contributed by atoms with Crippen molar-refractivity contribution in [3.8, 4) is 5.75 Å². The number of benzene rings is 1. The third kappa shape index (κ3) is 3.46. The first-order chi connectivity index (χ1) is 8.69. The van der Waals surface area contributed by atoms with Crippen LogP contribution in [0.2, 0.25) is 0 Å². The van der Waals surface area contributed by atoms with Crippen LogP contribution in [-0.2, 0) is 5.75 Å². The van der Waals surface area contributed by atoms with Crippen molar-refractivity contribution in [1.82, 2.24) is 9.97 Å². The van der Waals surface area contributed by atoms with E-state index in [4.69, 9.17) is 4.74 Å². The molecule has 0 saturated carbocycles. The topological polar surface area (TPSA) is 35.0 Å². The Bertz CT molecular complexity index is 531. The highest BCUT2D eigenvalue weighted by molar-refractivity contribution is 9.10. The first kappa shape index (κ1) is 13.4. The van der Waals surface area contributed by atoms with Gasteiger partial charge in [-0.3, -0.25) is 0 Å². The van der Waals surface area contributed by atoms with Crippen molar-refractivity contribution in [2.45, 2.75) is 17.8 Å². The summed E-state index contributed by atoms with van der Waals surface area (Å²) in [6, 6.07) is 5.98. The second kappa shape index (κ2) is 6.20. The van der Waals surface area contributed by atoms with Crippen molar-refractivity contribution >= 4 is 27.7 Å². The van der Waals surface area contributed by atoms with Crippen LogP contribution in [0.15, 0.2) is 40.2 Å². The van der Waals surface area contributed by atoms with E-state index < -0.39 is 0 Å². The summed E-state index contributed by atoms with van der Waals surface area (Å²) < 4.78 is 6.38. The lowest BCUT2D eigenvalue weighted by molar-refractivity contribution is 0.411. The van der Waals surface area contributed by atoms with E-state index in [1.165, 1.54) is 0 Å². The summed E-state index contributed by atoms with van der Waals surface area (Å²) in [7, 11) is 1.68. The summed E-state index contributed by atoms with van der Waals surface area (Å²) in [5.41, 5.74) is 2.19. The van der Waals surface area contributed by atoms with Crippen LogP contribution in [-0.4, -0.2) is 17.1 Å². The minimum absolute atomic E-state index is 0.780. The third-order valence-corrected chi connectivity index (χ3v) is 3.77. The number of halogens is 1. The van der Waals surface area contributed by atoms with E-state index in [9.17, 15) is 0 Å². The molecule has 0 atom stereocenters. The van der Waals surface area contributed by atoms with Crippen LogP contribution in [0.5, 0.6) is 5.75 Å². The highest BCUT2D eigenvalue weighted by Gasteiger charge is 2.05. The van der Waals surface area contributed by atoms with Crippen LogP contribution in [0.4, 0.5) is 0 Å². The maximum atomic E-state index is 5.33. The van der Waals surface area contributed by atoms with Crippen molar-refractivity contribution in [3.63, 3.8) is 0 Å². The van der Waals surface area contributed by atoms with Crippen LogP contribution in [0, 0.1) is 6.92 Å². The van der Waals surface area contributed by atoms with Gasteiger partial charge >= 0.3 is 0 Å². The largest absolute Gasteiger partial charge is 0.496 e. The first-order valence-corrected chi connectivity index (χ1v) is 7.21. The van der Waals surface area contributed by atoms with Gasteiger partial charge in [-0.15, -0.1) is 0 Å². The van der Waals surface area contributed by atoms with Crippen molar-refractivity contribution in [2.24, 2.45) is 0 Å². The van der Waals surface area contributed by atoms with Crippen LogP contribution in [0.3, 0.4) is 0 Å². The van der Waals surface area contributed by atoms with Crippen molar-refractivity contribution in [3.05, 3.63) is 46.2 Å². The lowest BCUT2D eigenvalue weighted by atomic mass is 10.2. The Kier molecular flexibility index (Phi) is 4.60. The average molecular weight is 325 g/mol. The standard InChI is InChI=1S/C13H13BrN2OS/c1-9-6-15-13(16-7-9)18-8-10-5-11(14)3-4-12(10)17-2/h3-7H,8H2,1-2H3. The number of hydrogen-bond donors (Lipinski definition) is 0. The molecule has 5 heteroatoms. The van der Waals surface area contributed by atoms with Gasteiger partial charge in [-0.1, -0.05) is 27.7 Å². The van der Waals surface area contributed by atoms with E-state index in [0.29, 0.717) is 0 Å². The number of thioether (sulfide) groups is 1. The molecule has 1 aromatic heterocycles. The number of aryl methyl sites for hydroxylation is 1. The number of rotatable bonds is 4. The SMILES string of the molecule is COc1ccc(Br)cc1CSc1ncc(C)cn1. The molecular weight excluding hydrogens is 312 g/mol. The van der Waals surface area contributed by atoms with Crippen LogP contribution in [0.25, 0.3) is 0 Å². The molecule has 0 bridgehead atoms. The molecule has 18 heavy (non-hydrogen) atoms. The second-order valence-electron chi connectivity index (χ2n) is 3.79. The number of hydrogen-bond acceptors (Lipinski definition) is 4. The van der Waals surface area contributed by atoms with E-state index in [1.54, 1.807) is 18.9 Å². The molecule has 0 aliphatic heterocycles. The Hall–Kier alpha value is -1.07. The van der Waals surface area contributed by atoms with E-state index >= 15 is 0 Å². The monoisotopic (exact) mass is 324 g/mol. The van der Waals surface area contributed by atoms with Gasteiger partial charge in [0.15, 0.2) is 5.16 Å². The van der Waals surface area contributed by atoms with E-state index in [-0.39, 0.29) is 0 Å². The highest BCUT2D eigenvalue weighted by atomic mass is 79.9. The summed E-state index contributed by atoms with van der Waals surface area (Å²) in [5, 5.41) is 0.780. The predicted molar refractivity (Wildman–Crippen MR) is 77.0 cm³/mol. The molecule has 0 unspecified atom stereocenters. The minimum Gasteiger partial charge on any atom is -0.496 e. The lowest BCUT2D eigenvalue weighted by Crippen LogP contribution is -1.92. The van der Waals surface area contributed by atoms with Gasteiger partial charge in [0.2, 0.25) is 0 Å². The zero-order valence-electron chi connectivity index (χ0n) is 10.2. The molecule has 2 aromatic rings. The molecule has 3 nitrogen and oxygen atoms in total. The van der Waals surface area contributed by atoms with Crippen LogP contribution >= 0.6 is 27.7 Å². The molecular formula is C13H13BrN2OS. The van der Waals surface area contributed by atoms with Gasteiger partial charge in [-0.05, 0) is 30.7 Å². The summed E-state index contributed by atoms with van der Waals surface area (Å²) in [6.45, 7) is 1.98. The van der Waals surface area contributed by atoms with E-state index in [0.717, 1.165) is 32.3 Å². The summed E-state index contributed by atoms with van der Waals surface area (Å²) >= 11 is 5.06. The lowest BCUT2D eigenvalue weighted by Gasteiger charge is -2.08. The molecule has 0 aliphatic carbocycles. The first-order valence-electron chi connectivity index (χ1n) is 5.43. The van der Waals surface area contributed by atoms with Crippen molar-refractivity contribution in [1.29, 1.82) is 0 Å². The van der Waals surface area contributed by atoms with Gasteiger partial charge in [-0.25, -0.2) is 9.97 Å². The van der Waals surface area contributed by atoms with Crippen LogP contribution in [0.1, 0.15) is 11.1 Å². The quantitative estimate of drug-likeness (QED) is 0.632.